The summed E-state index contributed by atoms with van der Waals surface area (Å²) < 4.78 is 12.8. The number of nitrogens with zero attached hydrogens (tertiary/aromatic N) is 1. The molecule has 0 saturated heterocycles. The standard InChI is InChI=1S/C16H25FN2/c1-13(2)9-11-19(16-7-8-16)12-10-18-15-5-3-14(17)4-6-15/h3-6,13,16,18H,7-12H2,1-2H3. The van der Waals surface area contributed by atoms with Crippen LogP contribution in [0.2, 0.25) is 0 Å². The summed E-state index contributed by atoms with van der Waals surface area (Å²) in [4.78, 5) is 2.59. The Hall–Kier alpha value is -1.09. The van der Waals surface area contributed by atoms with Crippen LogP contribution >= 0.6 is 0 Å². The first-order valence-electron chi connectivity index (χ1n) is 7.38. The van der Waals surface area contributed by atoms with Crippen molar-refractivity contribution in [3.8, 4) is 0 Å². The molecule has 106 valence electrons. The Bertz CT molecular complexity index is 371. The van der Waals surface area contributed by atoms with Crippen LogP contribution in [0.3, 0.4) is 0 Å². The van der Waals surface area contributed by atoms with Gasteiger partial charge in [-0.25, -0.2) is 4.39 Å². The van der Waals surface area contributed by atoms with Crippen molar-refractivity contribution < 1.29 is 4.39 Å². The van der Waals surface area contributed by atoms with Gasteiger partial charge in [-0.3, -0.25) is 4.90 Å². The molecule has 1 N–H and O–H groups in total. The molecule has 1 aromatic carbocycles. The molecule has 0 aliphatic heterocycles. The van der Waals surface area contributed by atoms with E-state index in [9.17, 15) is 4.39 Å². The highest BCUT2D eigenvalue weighted by molar-refractivity contribution is 5.42. The predicted molar refractivity (Wildman–Crippen MR) is 78.9 cm³/mol. The van der Waals surface area contributed by atoms with Gasteiger partial charge in [0.05, 0.1) is 0 Å². The van der Waals surface area contributed by atoms with Gasteiger partial charge in [0.2, 0.25) is 0 Å². The van der Waals surface area contributed by atoms with Gasteiger partial charge < -0.3 is 5.32 Å². The Morgan fingerprint density at radius 2 is 1.89 bits per heavy atom. The molecule has 0 unspecified atom stereocenters. The van der Waals surface area contributed by atoms with E-state index in [0.717, 1.165) is 30.7 Å². The molecule has 1 saturated carbocycles. The molecule has 0 atom stereocenters. The number of anilines is 1. The second-order valence-corrected chi connectivity index (χ2v) is 5.88. The lowest BCUT2D eigenvalue weighted by Crippen LogP contribution is -2.32. The molecule has 3 heteroatoms. The van der Waals surface area contributed by atoms with E-state index in [2.05, 4.69) is 24.1 Å². The maximum absolute atomic E-state index is 12.8. The average Bonchev–Trinajstić information content (AvgIpc) is 3.20. The summed E-state index contributed by atoms with van der Waals surface area (Å²) in [6.45, 7) is 7.77. The van der Waals surface area contributed by atoms with Crippen LogP contribution in [0.15, 0.2) is 24.3 Å². The van der Waals surface area contributed by atoms with E-state index in [1.807, 2.05) is 0 Å². The summed E-state index contributed by atoms with van der Waals surface area (Å²) in [5, 5.41) is 3.36. The fourth-order valence-electron chi connectivity index (χ4n) is 2.25. The minimum Gasteiger partial charge on any atom is -0.384 e. The molecule has 2 rings (SSSR count). The molecule has 1 aliphatic rings. The quantitative estimate of drug-likeness (QED) is 0.769. The fourth-order valence-corrected chi connectivity index (χ4v) is 2.25. The van der Waals surface area contributed by atoms with Gasteiger partial charge in [-0.05, 0) is 56.0 Å². The molecule has 0 bridgehead atoms. The summed E-state index contributed by atoms with van der Waals surface area (Å²) in [6, 6.07) is 7.41. The van der Waals surface area contributed by atoms with E-state index in [1.165, 1.54) is 37.9 Å². The Morgan fingerprint density at radius 1 is 1.21 bits per heavy atom. The number of rotatable bonds is 8. The summed E-state index contributed by atoms with van der Waals surface area (Å²) >= 11 is 0. The monoisotopic (exact) mass is 264 g/mol. The summed E-state index contributed by atoms with van der Waals surface area (Å²) in [7, 11) is 0. The molecule has 19 heavy (non-hydrogen) atoms. The van der Waals surface area contributed by atoms with Gasteiger partial charge >= 0.3 is 0 Å². The highest BCUT2D eigenvalue weighted by Gasteiger charge is 2.28. The third kappa shape index (κ3) is 5.19. The zero-order valence-electron chi connectivity index (χ0n) is 12.0. The average molecular weight is 264 g/mol. The number of nitrogens with one attached hydrogen (secondary N) is 1. The van der Waals surface area contributed by atoms with Gasteiger partial charge in [0.1, 0.15) is 5.82 Å². The molecule has 0 spiro atoms. The van der Waals surface area contributed by atoms with Crippen molar-refractivity contribution in [3.05, 3.63) is 30.1 Å². The third-order valence-electron chi connectivity index (χ3n) is 3.63. The topological polar surface area (TPSA) is 15.3 Å². The van der Waals surface area contributed by atoms with Gasteiger partial charge in [-0.2, -0.15) is 0 Å². The van der Waals surface area contributed by atoms with Crippen LogP contribution in [0.5, 0.6) is 0 Å². The number of benzene rings is 1. The van der Waals surface area contributed by atoms with E-state index < -0.39 is 0 Å². The first-order chi connectivity index (χ1) is 9.15. The lowest BCUT2D eigenvalue weighted by molar-refractivity contribution is 0.257. The van der Waals surface area contributed by atoms with Gasteiger partial charge in [0.15, 0.2) is 0 Å². The Kier molecular flexibility index (Phi) is 5.20. The maximum Gasteiger partial charge on any atom is 0.123 e. The Balaban J connectivity index is 1.71. The molecule has 0 radical (unpaired) electrons. The molecule has 1 aromatic rings. The first kappa shape index (κ1) is 14.3. The van der Waals surface area contributed by atoms with Crippen molar-refractivity contribution in [1.29, 1.82) is 0 Å². The molecule has 1 fully saturated rings. The zero-order valence-corrected chi connectivity index (χ0v) is 12.0. The van der Waals surface area contributed by atoms with Crippen molar-refractivity contribution in [2.75, 3.05) is 25.0 Å². The summed E-state index contributed by atoms with van der Waals surface area (Å²) in [5.74, 6) is 0.591. The summed E-state index contributed by atoms with van der Waals surface area (Å²) in [6.07, 6.45) is 3.98. The van der Waals surface area contributed by atoms with Crippen molar-refractivity contribution in [2.24, 2.45) is 5.92 Å². The Labute approximate surface area is 116 Å². The van der Waals surface area contributed by atoms with Gasteiger partial charge in [0.25, 0.3) is 0 Å². The minimum absolute atomic E-state index is 0.179. The number of hydrogen-bond acceptors (Lipinski definition) is 2. The lowest BCUT2D eigenvalue weighted by Gasteiger charge is -2.23. The van der Waals surface area contributed by atoms with Crippen molar-refractivity contribution >= 4 is 5.69 Å². The summed E-state index contributed by atoms with van der Waals surface area (Å²) in [5.41, 5.74) is 1.00. The van der Waals surface area contributed by atoms with Gasteiger partial charge in [0, 0.05) is 24.8 Å². The van der Waals surface area contributed by atoms with Crippen molar-refractivity contribution in [2.45, 2.75) is 39.2 Å². The van der Waals surface area contributed by atoms with Gasteiger partial charge in [-0.1, -0.05) is 13.8 Å². The molecule has 0 heterocycles. The van der Waals surface area contributed by atoms with Crippen LogP contribution < -0.4 is 5.32 Å². The molecular weight excluding hydrogens is 239 g/mol. The van der Waals surface area contributed by atoms with E-state index in [-0.39, 0.29) is 5.82 Å². The molecule has 0 aromatic heterocycles. The predicted octanol–water partition coefficient (Wildman–Crippen LogP) is 3.75. The van der Waals surface area contributed by atoms with Crippen LogP contribution in [0.4, 0.5) is 10.1 Å². The number of hydrogen-bond donors (Lipinski definition) is 1. The Morgan fingerprint density at radius 3 is 2.47 bits per heavy atom. The normalized spacial score (nSPS) is 15.2. The number of halogens is 1. The fraction of sp³-hybridized carbons (Fsp3) is 0.625. The zero-order chi connectivity index (χ0) is 13.7. The van der Waals surface area contributed by atoms with Crippen LogP contribution in [-0.4, -0.2) is 30.6 Å². The van der Waals surface area contributed by atoms with E-state index in [4.69, 9.17) is 0 Å². The molecule has 2 nitrogen and oxygen atoms in total. The highest BCUT2D eigenvalue weighted by atomic mass is 19.1. The van der Waals surface area contributed by atoms with Crippen LogP contribution in [0, 0.1) is 11.7 Å². The maximum atomic E-state index is 12.8. The van der Waals surface area contributed by atoms with E-state index in [0.29, 0.717) is 0 Å². The molecule has 0 amide bonds. The van der Waals surface area contributed by atoms with Crippen LogP contribution in [0.1, 0.15) is 33.1 Å². The molecular formula is C16H25FN2. The van der Waals surface area contributed by atoms with Crippen LogP contribution in [-0.2, 0) is 0 Å². The van der Waals surface area contributed by atoms with E-state index in [1.54, 1.807) is 12.1 Å². The van der Waals surface area contributed by atoms with Crippen molar-refractivity contribution in [3.63, 3.8) is 0 Å². The SMILES string of the molecule is CC(C)CCN(CCNc1ccc(F)cc1)C1CC1. The third-order valence-corrected chi connectivity index (χ3v) is 3.63. The second kappa shape index (κ2) is 6.90. The first-order valence-corrected chi connectivity index (χ1v) is 7.38. The largest absolute Gasteiger partial charge is 0.384 e. The smallest absolute Gasteiger partial charge is 0.123 e. The van der Waals surface area contributed by atoms with Crippen LogP contribution in [0.25, 0.3) is 0 Å². The minimum atomic E-state index is -0.179. The van der Waals surface area contributed by atoms with E-state index >= 15 is 0 Å². The van der Waals surface area contributed by atoms with Crippen molar-refractivity contribution in [1.82, 2.24) is 4.90 Å². The highest BCUT2D eigenvalue weighted by Crippen LogP contribution is 2.27. The second-order valence-electron chi connectivity index (χ2n) is 5.88. The molecule has 1 aliphatic carbocycles. The lowest BCUT2D eigenvalue weighted by atomic mass is 10.1. The van der Waals surface area contributed by atoms with Gasteiger partial charge in [-0.15, -0.1) is 0 Å².